The molecular weight excluding hydrogens is 300 g/mol. The van der Waals surface area contributed by atoms with E-state index in [1.807, 2.05) is 0 Å². The third-order valence-electron chi connectivity index (χ3n) is 5.35. The van der Waals surface area contributed by atoms with Crippen LogP contribution < -0.4 is 0 Å². The van der Waals surface area contributed by atoms with Crippen LogP contribution in [-0.2, 0) is 6.42 Å². The van der Waals surface area contributed by atoms with E-state index < -0.39 is 0 Å². The van der Waals surface area contributed by atoms with Crippen LogP contribution in [0.25, 0.3) is 11.1 Å². The molecule has 1 aliphatic carbocycles. The van der Waals surface area contributed by atoms with Crippen molar-refractivity contribution in [3.8, 4) is 0 Å². The Bertz CT molecular complexity index is 913. The number of aryl methyl sites for hydroxylation is 2. The van der Waals surface area contributed by atoms with Gasteiger partial charge in [-0.15, -0.1) is 5.73 Å². The fourth-order valence-corrected chi connectivity index (χ4v) is 3.93. The predicted molar refractivity (Wildman–Crippen MR) is 110 cm³/mol. The third kappa shape index (κ3) is 3.15. The van der Waals surface area contributed by atoms with Crippen LogP contribution in [0.4, 0.5) is 0 Å². The second kappa shape index (κ2) is 6.90. The summed E-state index contributed by atoms with van der Waals surface area (Å²) in [7, 11) is 0. The zero-order valence-corrected chi connectivity index (χ0v) is 16.3. The maximum absolute atomic E-state index is 3.53. The molecule has 0 radical (unpaired) electrons. The molecule has 0 heteroatoms. The lowest BCUT2D eigenvalue weighted by Gasteiger charge is -2.18. The van der Waals surface area contributed by atoms with Gasteiger partial charge in [0.05, 0.1) is 0 Å². The van der Waals surface area contributed by atoms with E-state index in [2.05, 4.69) is 89.7 Å². The van der Waals surface area contributed by atoms with Crippen molar-refractivity contribution in [2.45, 2.75) is 53.9 Å². The molecule has 0 bridgehead atoms. The fourth-order valence-electron chi connectivity index (χ4n) is 3.93. The second-order valence-electron chi connectivity index (χ2n) is 7.39. The highest BCUT2D eigenvalue weighted by Gasteiger charge is 2.18. The van der Waals surface area contributed by atoms with E-state index in [-0.39, 0.29) is 0 Å². The van der Waals surface area contributed by atoms with E-state index >= 15 is 0 Å². The fraction of sp³-hybridized carbons (Fsp3) is 0.320. The van der Waals surface area contributed by atoms with Crippen molar-refractivity contribution in [1.82, 2.24) is 0 Å². The minimum Gasteiger partial charge on any atom is -0.111 e. The van der Waals surface area contributed by atoms with E-state index in [1.165, 1.54) is 50.1 Å². The monoisotopic (exact) mass is 328 g/mol. The molecule has 0 saturated heterocycles. The summed E-state index contributed by atoms with van der Waals surface area (Å²) in [5.74, 6) is 0.545. The van der Waals surface area contributed by atoms with Crippen LogP contribution >= 0.6 is 0 Å². The van der Waals surface area contributed by atoms with Crippen LogP contribution in [0, 0.1) is 13.8 Å². The van der Waals surface area contributed by atoms with Crippen molar-refractivity contribution in [2.75, 3.05) is 0 Å². The van der Waals surface area contributed by atoms with Crippen molar-refractivity contribution in [1.29, 1.82) is 0 Å². The maximum atomic E-state index is 3.53. The summed E-state index contributed by atoms with van der Waals surface area (Å²) in [5.41, 5.74) is 15.7. The Hall–Kier alpha value is -2.30. The highest BCUT2D eigenvalue weighted by atomic mass is 14.2. The molecule has 0 N–H and O–H groups in total. The number of benzene rings is 2. The molecule has 0 aromatic heterocycles. The Balaban J connectivity index is 2.10. The van der Waals surface area contributed by atoms with E-state index in [1.54, 1.807) is 0 Å². The topological polar surface area (TPSA) is 0 Å². The van der Waals surface area contributed by atoms with Gasteiger partial charge in [-0.25, -0.2) is 0 Å². The molecule has 2 aromatic rings. The molecule has 128 valence electrons. The molecule has 0 spiro atoms. The maximum Gasteiger partial charge on any atom is 0.0275 e. The van der Waals surface area contributed by atoms with E-state index in [4.69, 9.17) is 0 Å². The Morgan fingerprint density at radius 1 is 0.960 bits per heavy atom. The summed E-state index contributed by atoms with van der Waals surface area (Å²) >= 11 is 0. The van der Waals surface area contributed by atoms with Gasteiger partial charge in [0.15, 0.2) is 0 Å². The summed E-state index contributed by atoms with van der Waals surface area (Å²) in [6.07, 6.45) is 3.27. The molecule has 0 atom stereocenters. The molecule has 0 heterocycles. The van der Waals surface area contributed by atoms with Crippen LogP contribution in [0.15, 0.2) is 53.8 Å². The molecule has 0 amide bonds. The molecule has 0 nitrogen and oxygen atoms in total. The third-order valence-corrected chi connectivity index (χ3v) is 5.35. The Morgan fingerprint density at radius 3 is 2.32 bits per heavy atom. The lowest BCUT2D eigenvalue weighted by Crippen LogP contribution is -2.01. The first-order valence-electron chi connectivity index (χ1n) is 9.31. The van der Waals surface area contributed by atoms with E-state index in [0.29, 0.717) is 5.92 Å². The minimum absolute atomic E-state index is 0.545. The Morgan fingerprint density at radius 2 is 1.68 bits per heavy atom. The zero-order valence-electron chi connectivity index (χ0n) is 16.3. The summed E-state index contributed by atoms with van der Waals surface area (Å²) in [4.78, 5) is 0. The molecule has 3 rings (SSSR count). The first kappa shape index (κ1) is 17.5. The van der Waals surface area contributed by atoms with Crippen molar-refractivity contribution >= 4 is 11.1 Å². The number of hydrogen-bond acceptors (Lipinski definition) is 0. The quantitative estimate of drug-likeness (QED) is 0.529. The highest BCUT2D eigenvalue weighted by molar-refractivity contribution is 5.97. The van der Waals surface area contributed by atoms with Crippen LogP contribution in [0.5, 0.6) is 0 Å². The minimum atomic E-state index is 0.545. The summed E-state index contributed by atoms with van der Waals surface area (Å²) in [6.45, 7) is 13.5. The smallest absolute Gasteiger partial charge is 0.0275 e. The first-order valence-corrected chi connectivity index (χ1v) is 9.31. The molecular formula is C25H28. The first-order chi connectivity index (χ1) is 11.9. The van der Waals surface area contributed by atoms with Crippen molar-refractivity contribution in [3.63, 3.8) is 0 Å². The lowest BCUT2D eigenvalue weighted by molar-refractivity contribution is 0.839. The van der Waals surface area contributed by atoms with Crippen molar-refractivity contribution in [2.24, 2.45) is 0 Å². The van der Waals surface area contributed by atoms with Gasteiger partial charge in [0.25, 0.3) is 0 Å². The predicted octanol–water partition coefficient (Wildman–Crippen LogP) is 7.02. The lowest BCUT2D eigenvalue weighted by atomic mass is 9.87. The molecule has 0 unspecified atom stereocenters. The molecule has 0 aliphatic heterocycles. The van der Waals surface area contributed by atoms with Crippen LogP contribution in [0.3, 0.4) is 0 Å². The van der Waals surface area contributed by atoms with Gasteiger partial charge in [-0.2, -0.15) is 0 Å². The van der Waals surface area contributed by atoms with Crippen molar-refractivity contribution < 1.29 is 0 Å². The molecule has 0 saturated carbocycles. The largest absolute Gasteiger partial charge is 0.111 e. The normalized spacial score (nSPS) is 13.8. The van der Waals surface area contributed by atoms with Gasteiger partial charge >= 0.3 is 0 Å². The van der Waals surface area contributed by atoms with E-state index in [9.17, 15) is 0 Å². The summed E-state index contributed by atoms with van der Waals surface area (Å²) < 4.78 is 0. The van der Waals surface area contributed by atoms with Gasteiger partial charge in [0, 0.05) is 5.57 Å². The summed E-state index contributed by atoms with van der Waals surface area (Å²) in [5, 5.41) is 0. The van der Waals surface area contributed by atoms with Gasteiger partial charge < -0.3 is 0 Å². The zero-order chi connectivity index (χ0) is 18.1. The number of allylic oxidation sites excluding steroid dienone is 3. The Labute approximate surface area is 152 Å². The SMILES string of the molecule is CCc1c(C)cc(C2=C(C)C(c3ccccc3C)=C=C2)cc1C(C)C. The standard InChI is InChI=1S/C25H28/c1-7-21-18(5)14-20(15-25(21)16(2)3)23-12-13-24(19(23)6)22-11-9-8-10-17(22)4/h8-12,14-16H,7H2,1-6H3. The summed E-state index contributed by atoms with van der Waals surface area (Å²) in [6, 6.07) is 13.3. The Kier molecular flexibility index (Phi) is 4.84. The molecule has 25 heavy (non-hydrogen) atoms. The van der Waals surface area contributed by atoms with Crippen LogP contribution in [0.2, 0.25) is 0 Å². The van der Waals surface area contributed by atoms with Gasteiger partial charge in [-0.3, -0.25) is 0 Å². The average Bonchev–Trinajstić information content (AvgIpc) is 2.96. The van der Waals surface area contributed by atoms with Crippen molar-refractivity contribution in [3.05, 3.63) is 87.2 Å². The van der Waals surface area contributed by atoms with E-state index in [0.717, 1.165) is 6.42 Å². The number of hydrogen-bond donors (Lipinski definition) is 0. The van der Waals surface area contributed by atoms with Gasteiger partial charge in [-0.05, 0) is 83.7 Å². The molecule has 0 fully saturated rings. The average molecular weight is 328 g/mol. The second-order valence-corrected chi connectivity index (χ2v) is 7.39. The molecule has 2 aromatic carbocycles. The van der Waals surface area contributed by atoms with Crippen LogP contribution in [0.1, 0.15) is 67.0 Å². The number of rotatable bonds is 4. The van der Waals surface area contributed by atoms with Crippen LogP contribution in [-0.4, -0.2) is 0 Å². The van der Waals surface area contributed by atoms with Gasteiger partial charge in [0.1, 0.15) is 0 Å². The van der Waals surface area contributed by atoms with Gasteiger partial charge in [-0.1, -0.05) is 57.2 Å². The van der Waals surface area contributed by atoms with Gasteiger partial charge in [0.2, 0.25) is 0 Å². The highest BCUT2D eigenvalue weighted by Crippen LogP contribution is 2.37. The molecule has 1 aliphatic rings.